The van der Waals surface area contributed by atoms with Crippen LogP contribution in [0.5, 0.6) is 0 Å². The Hall–Kier alpha value is -1.56. The smallest absolute Gasteiger partial charge is 0.242 e. The van der Waals surface area contributed by atoms with Crippen molar-refractivity contribution >= 4 is 21.8 Å². The Morgan fingerprint density at radius 3 is 2.89 bits per heavy atom. The fourth-order valence-electron chi connectivity index (χ4n) is 1.95. The highest BCUT2D eigenvalue weighted by Crippen LogP contribution is 2.27. The van der Waals surface area contributed by atoms with Gasteiger partial charge < -0.3 is 5.73 Å². The number of rotatable bonds is 7. The topological polar surface area (TPSA) is 104 Å². The lowest BCUT2D eigenvalue weighted by Gasteiger charge is -2.31. The maximum atomic E-state index is 11.9. The van der Waals surface area contributed by atoms with E-state index in [4.69, 9.17) is 11.3 Å². The molecule has 1 amide bonds. The molecule has 7 heteroatoms. The third kappa shape index (κ3) is 3.70. The molecule has 0 aromatic heterocycles. The van der Waals surface area contributed by atoms with Crippen molar-refractivity contribution in [3.8, 4) is 0 Å². The van der Waals surface area contributed by atoms with Crippen LogP contribution in [-0.2, 0) is 10.3 Å². The van der Waals surface area contributed by atoms with Crippen LogP contribution in [0.4, 0.5) is 0 Å². The molecule has 1 atom stereocenters. The predicted octanol–water partition coefficient (Wildman–Crippen LogP) is 2.44. The molecule has 0 aliphatic carbocycles. The number of hydrogen-bond acceptors (Lipinski definition) is 3. The summed E-state index contributed by atoms with van der Waals surface area (Å²) < 4.78 is 0.876. The lowest BCUT2D eigenvalue weighted by atomic mass is 9.86. The van der Waals surface area contributed by atoms with Crippen LogP contribution in [0.1, 0.15) is 18.9 Å². The Bertz CT molecular complexity index is 501. The van der Waals surface area contributed by atoms with E-state index in [1.54, 1.807) is 0 Å². The molecule has 0 heterocycles. The molecular formula is C12H16BrN5O. The number of nitrogens with zero attached hydrogens (tertiary/aromatic N) is 3. The summed E-state index contributed by atoms with van der Waals surface area (Å²) in [5.74, 6) is -0.450. The second-order valence-corrected chi connectivity index (χ2v) is 4.93. The number of hydrogen-bond donors (Lipinski definition) is 2. The van der Waals surface area contributed by atoms with Crippen molar-refractivity contribution in [3.63, 3.8) is 0 Å². The van der Waals surface area contributed by atoms with E-state index >= 15 is 0 Å². The SMILES string of the molecule is CCC(NCCN=[N+]=[N-])(C(N)=O)c1cccc(Br)c1. The molecule has 1 aromatic carbocycles. The number of amides is 1. The van der Waals surface area contributed by atoms with Crippen molar-refractivity contribution in [1.29, 1.82) is 0 Å². The van der Waals surface area contributed by atoms with Gasteiger partial charge in [0.05, 0.1) is 0 Å². The van der Waals surface area contributed by atoms with Gasteiger partial charge >= 0.3 is 0 Å². The quantitative estimate of drug-likeness (QED) is 0.348. The van der Waals surface area contributed by atoms with Crippen LogP contribution < -0.4 is 11.1 Å². The number of azide groups is 1. The van der Waals surface area contributed by atoms with Crippen LogP contribution in [0.2, 0.25) is 0 Å². The van der Waals surface area contributed by atoms with Crippen LogP contribution in [0.3, 0.4) is 0 Å². The summed E-state index contributed by atoms with van der Waals surface area (Å²) >= 11 is 3.38. The third-order valence-corrected chi connectivity index (χ3v) is 3.46. The molecule has 1 rings (SSSR count). The van der Waals surface area contributed by atoms with Gasteiger partial charge in [-0.2, -0.15) is 0 Å². The molecule has 0 saturated heterocycles. The van der Waals surface area contributed by atoms with Crippen molar-refractivity contribution in [2.45, 2.75) is 18.9 Å². The average Bonchev–Trinajstić information content (AvgIpc) is 2.39. The maximum Gasteiger partial charge on any atom is 0.242 e. The number of halogens is 1. The zero-order valence-electron chi connectivity index (χ0n) is 10.6. The molecule has 1 unspecified atom stereocenters. The van der Waals surface area contributed by atoms with Crippen molar-refractivity contribution in [2.24, 2.45) is 10.8 Å². The summed E-state index contributed by atoms with van der Waals surface area (Å²) in [4.78, 5) is 14.5. The number of benzene rings is 1. The molecule has 0 aliphatic heterocycles. The standard InChI is InChI=1S/C12H16BrN5O/c1-2-12(11(14)19,16-6-7-17-18-15)9-4-3-5-10(13)8-9/h3-5,8,16H,2,6-7H2,1H3,(H2,14,19). The Kier molecular flexibility index (Phi) is 5.82. The summed E-state index contributed by atoms with van der Waals surface area (Å²) in [5.41, 5.74) is 13.6. The Balaban J connectivity index is 3.04. The zero-order valence-corrected chi connectivity index (χ0v) is 12.2. The molecule has 0 radical (unpaired) electrons. The number of carbonyl (C=O) groups is 1. The first-order valence-corrected chi connectivity index (χ1v) is 6.68. The Morgan fingerprint density at radius 2 is 2.37 bits per heavy atom. The maximum absolute atomic E-state index is 11.9. The Labute approximate surface area is 120 Å². The fraction of sp³-hybridized carbons (Fsp3) is 0.417. The highest BCUT2D eigenvalue weighted by Gasteiger charge is 2.36. The number of primary amides is 1. The minimum Gasteiger partial charge on any atom is -0.368 e. The molecule has 19 heavy (non-hydrogen) atoms. The van der Waals surface area contributed by atoms with Crippen molar-refractivity contribution in [3.05, 3.63) is 44.7 Å². The molecule has 6 nitrogen and oxygen atoms in total. The molecular weight excluding hydrogens is 310 g/mol. The number of nitrogens with one attached hydrogen (secondary N) is 1. The van der Waals surface area contributed by atoms with Crippen molar-refractivity contribution in [1.82, 2.24) is 5.32 Å². The van der Waals surface area contributed by atoms with Crippen LogP contribution in [-0.4, -0.2) is 19.0 Å². The lowest BCUT2D eigenvalue weighted by molar-refractivity contribution is -0.125. The lowest BCUT2D eigenvalue weighted by Crippen LogP contribution is -2.53. The van der Waals surface area contributed by atoms with Gasteiger partial charge in [-0.15, -0.1) is 0 Å². The highest BCUT2D eigenvalue weighted by atomic mass is 79.9. The monoisotopic (exact) mass is 325 g/mol. The van der Waals surface area contributed by atoms with E-state index in [1.165, 1.54) is 0 Å². The largest absolute Gasteiger partial charge is 0.368 e. The van der Waals surface area contributed by atoms with Gasteiger partial charge in [0.2, 0.25) is 5.91 Å². The average molecular weight is 326 g/mol. The molecule has 3 N–H and O–H groups in total. The molecule has 1 aromatic rings. The first-order chi connectivity index (χ1) is 9.06. The summed E-state index contributed by atoms with van der Waals surface area (Å²) in [6, 6.07) is 7.43. The van der Waals surface area contributed by atoms with Gasteiger partial charge in [-0.3, -0.25) is 10.1 Å². The molecule has 0 fully saturated rings. The third-order valence-electron chi connectivity index (χ3n) is 2.97. The van der Waals surface area contributed by atoms with E-state index in [0.717, 1.165) is 10.0 Å². The van der Waals surface area contributed by atoms with Gasteiger partial charge in [0, 0.05) is 22.5 Å². The summed E-state index contributed by atoms with van der Waals surface area (Å²) in [5, 5.41) is 6.54. The van der Waals surface area contributed by atoms with Gasteiger partial charge in [-0.1, -0.05) is 40.1 Å². The predicted molar refractivity (Wildman–Crippen MR) is 77.3 cm³/mol. The second kappa shape index (κ2) is 7.13. The Morgan fingerprint density at radius 1 is 1.63 bits per heavy atom. The minimum absolute atomic E-state index is 0.263. The van der Waals surface area contributed by atoms with Crippen LogP contribution in [0, 0.1) is 0 Å². The van der Waals surface area contributed by atoms with Crippen LogP contribution in [0.25, 0.3) is 10.4 Å². The fourth-order valence-corrected chi connectivity index (χ4v) is 2.35. The molecule has 0 saturated carbocycles. The molecule has 0 spiro atoms. The summed E-state index contributed by atoms with van der Waals surface area (Å²) in [6.45, 7) is 2.53. The second-order valence-electron chi connectivity index (χ2n) is 4.01. The summed E-state index contributed by atoms with van der Waals surface area (Å²) in [7, 11) is 0. The molecule has 0 aliphatic rings. The van der Waals surface area contributed by atoms with E-state index in [-0.39, 0.29) is 6.54 Å². The van der Waals surface area contributed by atoms with Crippen LogP contribution >= 0.6 is 15.9 Å². The van der Waals surface area contributed by atoms with Gasteiger partial charge in [0.1, 0.15) is 5.54 Å². The summed E-state index contributed by atoms with van der Waals surface area (Å²) in [6.07, 6.45) is 0.509. The van der Waals surface area contributed by atoms with Crippen molar-refractivity contribution < 1.29 is 4.79 Å². The van der Waals surface area contributed by atoms with Gasteiger partial charge in [0.25, 0.3) is 0 Å². The van der Waals surface area contributed by atoms with E-state index in [0.29, 0.717) is 13.0 Å². The first kappa shape index (κ1) is 15.5. The molecule has 102 valence electrons. The zero-order chi connectivity index (χ0) is 14.3. The first-order valence-electron chi connectivity index (χ1n) is 5.88. The normalized spacial score (nSPS) is 13.4. The molecule has 0 bridgehead atoms. The highest BCUT2D eigenvalue weighted by molar-refractivity contribution is 9.10. The number of nitrogens with two attached hydrogens (primary N) is 1. The minimum atomic E-state index is -0.950. The number of carbonyl (C=O) groups excluding carboxylic acids is 1. The van der Waals surface area contributed by atoms with Crippen LogP contribution in [0.15, 0.2) is 33.9 Å². The van der Waals surface area contributed by atoms with E-state index in [1.807, 2.05) is 31.2 Å². The van der Waals surface area contributed by atoms with E-state index in [9.17, 15) is 4.79 Å². The van der Waals surface area contributed by atoms with Gasteiger partial charge in [-0.25, -0.2) is 0 Å². The van der Waals surface area contributed by atoms with E-state index in [2.05, 4.69) is 31.3 Å². The van der Waals surface area contributed by atoms with Crippen molar-refractivity contribution in [2.75, 3.05) is 13.1 Å². The van der Waals surface area contributed by atoms with E-state index < -0.39 is 11.4 Å². The van der Waals surface area contributed by atoms with Gasteiger partial charge in [-0.05, 0) is 29.6 Å². The van der Waals surface area contributed by atoms with Gasteiger partial charge in [0.15, 0.2) is 0 Å².